The molecule has 0 radical (unpaired) electrons. The minimum atomic E-state index is 0.136. The van der Waals surface area contributed by atoms with Crippen molar-refractivity contribution in [1.29, 1.82) is 0 Å². The molecule has 2 rings (SSSR count). The maximum absolute atomic E-state index is 5.70. The van der Waals surface area contributed by atoms with Gasteiger partial charge in [-0.25, -0.2) is 4.98 Å². The van der Waals surface area contributed by atoms with Crippen LogP contribution in [0, 0.1) is 6.92 Å². The number of hydrogen-bond donors (Lipinski definition) is 1. The highest BCUT2D eigenvalue weighted by Gasteiger charge is 2.17. The lowest BCUT2D eigenvalue weighted by molar-refractivity contribution is 0.313. The van der Waals surface area contributed by atoms with Gasteiger partial charge < -0.3 is 10.1 Å². The Morgan fingerprint density at radius 3 is 2.76 bits per heavy atom. The van der Waals surface area contributed by atoms with E-state index in [-0.39, 0.29) is 5.41 Å². The van der Waals surface area contributed by atoms with Crippen molar-refractivity contribution in [2.45, 2.75) is 39.7 Å². The summed E-state index contributed by atoms with van der Waals surface area (Å²) in [6.07, 6.45) is 0. The van der Waals surface area contributed by atoms with E-state index in [0.717, 1.165) is 24.5 Å². The van der Waals surface area contributed by atoms with E-state index >= 15 is 0 Å². The summed E-state index contributed by atoms with van der Waals surface area (Å²) in [5, 5.41) is 6.69. The first-order chi connectivity index (χ1) is 9.95. The number of nitrogens with zero attached hydrogens (tertiary/aromatic N) is 1. The summed E-state index contributed by atoms with van der Waals surface area (Å²) in [7, 11) is 0. The number of aryl methyl sites for hydroxylation is 1. The molecule has 2 aromatic rings. The van der Waals surface area contributed by atoms with Gasteiger partial charge in [-0.1, -0.05) is 32.9 Å². The van der Waals surface area contributed by atoms with Crippen LogP contribution in [0.2, 0.25) is 0 Å². The molecule has 4 heteroatoms. The lowest BCUT2D eigenvalue weighted by Gasteiger charge is -2.13. The molecule has 21 heavy (non-hydrogen) atoms. The van der Waals surface area contributed by atoms with E-state index < -0.39 is 0 Å². The zero-order valence-corrected chi connectivity index (χ0v) is 14.1. The van der Waals surface area contributed by atoms with Crippen molar-refractivity contribution in [3.05, 3.63) is 45.9 Å². The third-order valence-electron chi connectivity index (χ3n) is 3.04. The van der Waals surface area contributed by atoms with E-state index in [0.29, 0.717) is 6.61 Å². The third kappa shape index (κ3) is 5.14. The molecule has 1 aromatic carbocycles. The molecule has 3 nitrogen and oxygen atoms in total. The minimum absolute atomic E-state index is 0.136. The summed E-state index contributed by atoms with van der Waals surface area (Å²) < 4.78 is 5.70. The molecule has 0 saturated carbocycles. The Hall–Kier alpha value is -1.39. The average Bonchev–Trinajstić information content (AvgIpc) is 2.87. The van der Waals surface area contributed by atoms with E-state index in [4.69, 9.17) is 4.74 Å². The smallest absolute Gasteiger partial charge is 0.119 e. The Bertz CT molecular complexity index is 572. The molecule has 0 atom stereocenters. The summed E-state index contributed by atoms with van der Waals surface area (Å²) in [5.74, 6) is 0.931. The molecule has 0 aliphatic carbocycles. The second-order valence-corrected chi connectivity index (χ2v) is 7.09. The summed E-state index contributed by atoms with van der Waals surface area (Å²) in [6, 6.07) is 8.13. The van der Waals surface area contributed by atoms with Crippen molar-refractivity contribution in [3.8, 4) is 5.75 Å². The second kappa shape index (κ2) is 7.05. The van der Waals surface area contributed by atoms with Crippen LogP contribution in [0.25, 0.3) is 0 Å². The average molecular weight is 304 g/mol. The highest BCUT2D eigenvalue weighted by atomic mass is 32.1. The topological polar surface area (TPSA) is 34.1 Å². The van der Waals surface area contributed by atoms with Crippen LogP contribution in [0.3, 0.4) is 0 Å². The SMILES string of the molecule is Cc1cccc(OCCNCc2csc(C(C)(C)C)n2)c1. The van der Waals surface area contributed by atoms with E-state index in [1.807, 2.05) is 12.1 Å². The van der Waals surface area contributed by atoms with Crippen LogP contribution in [0.1, 0.15) is 37.0 Å². The lowest BCUT2D eigenvalue weighted by Crippen LogP contribution is -2.21. The molecule has 0 saturated heterocycles. The fraction of sp³-hybridized carbons (Fsp3) is 0.471. The zero-order chi connectivity index (χ0) is 15.3. The number of rotatable bonds is 6. The van der Waals surface area contributed by atoms with Crippen molar-refractivity contribution in [3.63, 3.8) is 0 Å². The standard InChI is InChI=1S/C17H24N2OS/c1-13-6-5-7-15(10-13)20-9-8-18-11-14-12-21-16(19-14)17(2,3)4/h5-7,10,12,18H,8-9,11H2,1-4H3. The van der Waals surface area contributed by atoms with Gasteiger partial charge in [0.25, 0.3) is 0 Å². The Kier molecular flexibility index (Phi) is 5.37. The lowest BCUT2D eigenvalue weighted by atomic mass is 9.98. The van der Waals surface area contributed by atoms with Crippen LogP contribution in [0.4, 0.5) is 0 Å². The fourth-order valence-corrected chi connectivity index (χ4v) is 2.80. The third-order valence-corrected chi connectivity index (χ3v) is 4.35. The molecule has 0 bridgehead atoms. The van der Waals surface area contributed by atoms with Gasteiger partial charge >= 0.3 is 0 Å². The van der Waals surface area contributed by atoms with Gasteiger partial charge in [0.15, 0.2) is 0 Å². The zero-order valence-electron chi connectivity index (χ0n) is 13.3. The quantitative estimate of drug-likeness (QED) is 0.821. The number of hydrogen-bond acceptors (Lipinski definition) is 4. The van der Waals surface area contributed by atoms with E-state index in [1.54, 1.807) is 11.3 Å². The van der Waals surface area contributed by atoms with Gasteiger partial charge in [-0.3, -0.25) is 0 Å². The molecule has 1 aromatic heterocycles. The molecule has 0 aliphatic heterocycles. The van der Waals surface area contributed by atoms with Crippen LogP contribution in [0.5, 0.6) is 5.75 Å². The summed E-state index contributed by atoms with van der Waals surface area (Å²) in [6.45, 7) is 10.9. The number of benzene rings is 1. The van der Waals surface area contributed by atoms with Crippen LogP contribution < -0.4 is 10.1 Å². The predicted molar refractivity (Wildman–Crippen MR) is 89.2 cm³/mol. The van der Waals surface area contributed by atoms with Gasteiger partial charge in [-0.05, 0) is 24.6 Å². The number of thiazole rings is 1. The van der Waals surface area contributed by atoms with Crippen molar-refractivity contribution < 1.29 is 4.74 Å². The molecule has 0 spiro atoms. The molecule has 0 amide bonds. The van der Waals surface area contributed by atoms with Gasteiger partial charge in [0.2, 0.25) is 0 Å². The van der Waals surface area contributed by atoms with Crippen LogP contribution in [-0.4, -0.2) is 18.1 Å². The fourth-order valence-electron chi connectivity index (χ4n) is 1.90. The summed E-state index contributed by atoms with van der Waals surface area (Å²) in [5.41, 5.74) is 2.47. The molecule has 114 valence electrons. The highest BCUT2D eigenvalue weighted by Crippen LogP contribution is 2.25. The Morgan fingerprint density at radius 1 is 1.29 bits per heavy atom. The van der Waals surface area contributed by atoms with Gasteiger partial charge in [-0.2, -0.15) is 0 Å². The Morgan fingerprint density at radius 2 is 2.10 bits per heavy atom. The Balaban J connectivity index is 1.69. The van der Waals surface area contributed by atoms with Crippen LogP contribution in [0.15, 0.2) is 29.6 Å². The van der Waals surface area contributed by atoms with E-state index in [9.17, 15) is 0 Å². The van der Waals surface area contributed by atoms with Gasteiger partial charge in [0.1, 0.15) is 12.4 Å². The minimum Gasteiger partial charge on any atom is -0.492 e. The summed E-state index contributed by atoms with van der Waals surface area (Å²) in [4.78, 5) is 4.66. The number of aromatic nitrogens is 1. The molecular formula is C17H24N2OS. The first-order valence-corrected chi connectivity index (χ1v) is 8.18. The molecular weight excluding hydrogens is 280 g/mol. The van der Waals surface area contributed by atoms with Crippen molar-refractivity contribution in [2.24, 2.45) is 0 Å². The van der Waals surface area contributed by atoms with Crippen LogP contribution in [-0.2, 0) is 12.0 Å². The first-order valence-electron chi connectivity index (χ1n) is 7.30. The van der Waals surface area contributed by atoms with Crippen molar-refractivity contribution >= 4 is 11.3 Å². The number of ether oxygens (including phenoxy) is 1. The monoisotopic (exact) mass is 304 g/mol. The molecule has 0 unspecified atom stereocenters. The largest absolute Gasteiger partial charge is 0.492 e. The molecule has 1 N–H and O–H groups in total. The molecule has 0 aliphatic rings. The normalized spacial score (nSPS) is 11.6. The first kappa shape index (κ1) is 16.0. The van der Waals surface area contributed by atoms with Gasteiger partial charge in [0.05, 0.1) is 10.7 Å². The van der Waals surface area contributed by atoms with Gasteiger partial charge in [-0.15, -0.1) is 11.3 Å². The maximum Gasteiger partial charge on any atom is 0.119 e. The van der Waals surface area contributed by atoms with Crippen LogP contribution >= 0.6 is 11.3 Å². The molecule has 1 heterocycles. The summed E-state index contributed by atoms with van der Waals surface area (Å²) >= 11 is 1.74. The Labute approximate surface area is 131 Å². The molecule has 0 fully saturated rings. The second-order valence-electron chi connectivity index (χ2n) is 6.24. The van der Waals surface area contributed by atoms with Crippen molar-refractivity contribution in [2.75, 3.05) is 13.2 Å². The van der Waals surface area contributed by atoms with E-state index in [2.05, 4.69) is 55.5 Å². The van der Waals surface area contributed by atoms with E-state index in [1.165, 1.54) is 10.6 Å². The highest BCUT2D eigenvalue weighted by molar-refractivity contribution is 7.09. The van der Waals surface area contributed by atoms with Crippen molar-refractivity contribution in [1.82, 2.24) is 10.3 Å². The maximum atomic E-state index is 5.70. The van der Waals surface area contributed by atoms with Gasteiger partial charge in [0, 0.05) is 23.9 Å². The number of nitrogens with one attached hydrogen (secondary N) is 1. The predicted octanol–water partition coefficient (Wildman–Crippen LogP) is 3.92.